The first-order valence-corrected chi connectivity index (χ1v) is 17.9. The van der Waals surface area contributed by atoms with Gasteiger partial charge in [0.15, 0.2) is 0 Å². The molecule has 11 rings (SSSR count). The number of nitrogens with zero attached hydrogens (tertiary/aromatic N) is 3. The smallest absolute Gasteiger partial charge is 0.0580 e. The quantitative estimate of drug-likeness (QED) is 0.175. The van der Waals surface area contributed by atoms with Gasteiger partial charge in [-0.3, -0.25) is 0 Å². The summed E-state index contributed by atoms with van der Waals surface area (Å²) in [6.07, 6.45) is 0. The van der Waals surface area contributed by atoms with Crippen LogP contribution in [0.3, 0.4) is 0 Å². The first-order chi connectivity index (χ1) is 28.6. The van der Waals surface area contributed by atoms with Crippen LogP contribution in [0.25, 0.3) is 93.6 Å². The molecule has 250 valence electrons. The van der Waals surface area contributed by atoms with E-state index < -0.39 is 13.7 Å². The number of fused-ring (bicyclic) bond motifs is 9. The van der Waals surface area contributed by atoms with Crippen LogP contribution in [0.2, 0.25) is 0 Å². The fourth-order valence-corrected chi connectivity index (χ4v) is 8.62. The normalized spacial score (nSPS) is 14.1. The Morgan fingerprint density at radius 1 is 0.340 bits per heavy atom. The molecule has 3 aromatic heterocycles. The molecule has 0 atom stereocenters. The molecule has 0 unspecified atom stereocenters. The molecule has 3 heterocycles. The Labute approximate surface area is 315 Å². The largest absolute Gasteiger partial charge is 0.309 e. The van der Waals surface area contributed by atoms with E-state index in [0.29, 0.717) is 32.6 Å². The molecule has 0 radical (unpaired) electrons. The topological polar surface area (TPSA) is 14.8 Å². The molecule has 8 aromatic carbocycles. The van der Waals surface area contributed by atoms with Gasteiger partial charge in [0.2, 0.25) is 0 Å². The van der Waals surface area contributed by atoms with E-state index in [4.69, 9.17) is 0 Å². The minimum atomic E-state index is -2.64. The molecule has 0 aliphatic heterocycles. The van der Waals surface area contributed by atoms with Crippen molar-refractivity contribution in [2.75, 3.05) is 0 Å². The molecule has 0 N–H and O–H groups in total. The Morgan fingerprint density at radius 2 is 0.774 bits per heavy atom. The van der Waals surface area contributed by atoms with Crippen LogP contribution >= 0.6 is 0 Å². The third-order valence-corrected chi connectivity index (χ3v) is 10.9. The van der Waals surface area contributed by atoms with E-state index in [0.717, 1.165) is 61.0 Å². The van der Waals surface area contributed by atoms with E-state index in [-0.39, 0.29) is 11.1 Å². The first kappa shape index (κ1) is 24.4. The van der Waals surface area contributed by atoms with Crippen LogP contribution in [0, 0.1) is 13.7 Å². The summed E-state index contributed by atoms with van der Waals surface area (Å²) >= 11 is 0. The summed E-state index contributed by atoms with van der Waals surface area (Å²) in [6.45, 7) is -5.28. The van der Waals surface area contributed by atoms with Crippen molar-refractivity contribution in [3.05, 3.63) is 187 Å². The fraction of sp³-hybridized carbons (Fsp3) is 0.0400. The van der Waals surface area contributed by atoms with Crippen LogP contribution in [0.1, 0.15) is 19.4 Å². The van der Waals surface area contributed by atoms with Crippen LogP contribution in [-0.2, 0) is 0 Å². The highest BCUT2D eigenvalue weighted by Gasteiger charge is 2.24. The highest BCUT2D eigenvalue weighted by atomic mass is 15.0. The van der Waals surface area contributed by atoms with Gasteiger partial charge in [0, 0.05) is 57.6 Å². The van der Waals surface area contributed by atoms with E-state index in [2.05, 4.69) is 53.1 Å². The predicted octanol–water partition coefficient (Wildman–Crippen LogP) is 13.3. The van der Waals surface area contributed by atoms with Crippen molar-refractivity contribution in [1.82, 2.24) is 13.7 Å². The molecule has 0 aliphatic rings. The van der Waals surface area contributed by atoms with E-state index in [1.165, 1.54) is 0 Å². The number of aromatic nitrogens is 3. The summed E-state index contributed by atoms with van der Waals surface area (Å²) in [5.41, 5.74) is 9.08. The highest BCUT2D eigenvalue weighted by molar-refractivity contribution is 6.23. The van der Waals surface area contributed by atoms with Gasteiger partial charge < -0.3 is 13.7 Å². The van der Waals surface area contributed by atoms with Gasteiger partial charge in [0.1, 0.15) is 0 Å². The lowest BCUT2D eigenvalue weighted by Crippen LogP contribution is -1.99. The Morgan fingerprint density at radius 3 is 1.38 bits per heavy atom. The molecular formula is C50H35N3. The average Bonchev–Trinajstić information content (AvgIpc) is 3.88. The van der Waals surface area contributed by atoms with E-state index >= 15 is 0 Å². The molecule has 3 nitrogen and oxygen atoms in total. The summed E-state index contributed by atoms with van der Waals surface area (Å²) in [7, 11) is 0. The lowest BCUT2D eigenvalue weighted by molar-refractivity contribution is 1.16. The average molecular weight is 684 g/mol. The second-order valence-electron chi connectivity index (χ2n) is 13.7. The molecule has 11 aromatic rings. The number of para-hydroxylation sites is 4. The third-order valence-electron chi connectivity index (χ3n) is 10.9. The van der Waals surface area contributed by atoms with Crippen molar-refractivity contribution >= 4 is 65.4 Å². The van der Waals surface area contributed by atoms with E-state index in [1.54, 1.807) is 0 Å². The SMILES string of the molecule is [2H]C([2H])([2H])c1c2c3ccccc3n(-c3ccc4c(c3)c3ccccc3n4-c3ccccc3)c2c(C([2H])([2H])[2H])c2c3ccccc3n(-c3ccc(-c4ccccc4)cc3)c12. The first-order valence-electron chi connectivity index (χ1n) is 20.9. The van der Waals surface area contributed by atoms with Crippen molar-refractivity contribution in [3.8, 4) is 28.2 Å². The van der Waals surface area contributed by atoms with Gasteiger partial charge in [-0.2, -0.15) is 0 Å². The standard InChI is InChI=1S/C50H35N3/c1-32-48-41-21-11-14-24-45(41)53(38-29-30-46-42(31-38)39-19-9-12-22-43(39)51(46)36-17-7-4-8-18-36)50(48)33(2)47-40-20-10-13-23-44(40)52(49(32)47)37-27-25-35(26-28-37)34-15-5-3-6-16-34/h3-31H,1-2H3/i1D3,2D3. The van der Waals surface area contributed by atoms with Crippen LogP contribution in [0.5, 0.6) is 0 Å². The lowest BCUT2D eigenvalue weighted by Gasteiger charge is -2.15. The molecule has 0 aliphatic carbocycles. The van der Waals surface area contributed by atoms with Crippen molar-refractivity contribution in [3.63, 3.8) is 0 Å². The molecule has 0 spiro atoms. The highest BCUT2D eigenvalue weighted by Crippen LogP contribution is 2.45. The molecule has 3 heteroatoms. The minimum absolute atomic E-state index is 0.120. The van der Waals surface area contributed by atoms with Gasteiger partial charge in [-0.1, -0.05) is 115 Å². The van der Waals surface area contributed by atoms with Crippen LogP contribution < -0.4 is 0 Å². The Hall–Kier alpha value is -6.84. The van der Waals surface area contributed by atoms with Gasteiger partial charge in [-0.15, -0.1) is 0 Å². The van der Waals surface area contributed by atoms with Crippen molar-refractivity contribution in [1.29, 1.82) is 0 Å². The van der Waals surface area contributed by atoms with Gasteiger partial charge in [0.25, 0.3) is 0 Å². The second-order valence-corrected chi connectivity index (χ2v) is 13.7. The minimum Gasteiger partial charge on any atom is -0.309 e. The summed E-state index contributed by atoms with van der Waals surface area (Å²) < 4.78 is 62.0. The van der Waals surface area contributed by atoms with Crippen LogP contribution in [0.4, 0.5) is 0 Å². The van der Waals surface area contributed by atoms with Crippen molar-refractivity contribution < 1.29 is 8.22 Å². The number of hydrogen-bond acceptors (Lipinski definition) is 0. The summed E-state index contributed by atoms with van der Waals surface area (Å²) in [4.78, 5) is 0. The summed E-state index contributed by atoms with van der Waals surface area (Å²) in [6, 6.07) is 58.2. The maximum Gasteiger partial charge on any atom is 0.0580 e. The van der Waals surface area contributed by atoms with Crippen LogP contribution in [0.15, 0.2) is 176 Å². The summed E-state index contributed by atoms with van der Waals surface area (Å²) in [5, 5.41) is 4.22. The second kappa shape index (κ2) is 11.3. The monoisotopic (exact) mass is 683 g/mol. The molecule has 0 saturated heterocycles. The van der Waals surface area contributed by atoms with E-state index in [1.807, 2.05) is 137 Å². The molecule has 0 saturated carbocycles. The van der Waals surface area contributed by atoms with Gasteiger partial charge >= 0.3 is 0 Å². The number of benzene rings is 8. The van der Waals surface area contributed by atoms with E-state index in [9.17, 15) is 8.22 Å². The Balaban J connectivity index is 1.31. The van der Waals surface area contributed by atoms with Crippen molar-refractivity contribution in [2.45, 2.75) is 13.7 Å². The fourth-order valence-electron chi connectivity index (χ4n) is 8.62. The molecule has 0 fully saturated rings. The number of rotatable bonds is 4. The zero-order chi connectivity index (χ0) is 40.2. The molecule has 0 bridgehead atoms. The molecular weight excluding hydrogens is 643 g/mol. The van der Waals surface area contributed by atoms with Gasteiger partial charge in [-0.05, 0) is 96.6 Å². The Kier molecular flexibility index (Phi) is 5.21. The Bertz CT molecular complexity index is 3440. The maximum absolute atomic E-state index is 9.31. The molecule has 53 heavy (non-hydrogen) atoms. The molecule has 0 amide bonds. The van der Waals surface area contributed by atoms with Gasteiger partial charge in [-0.25, -0.2) is 0 Å². The maximum atomic E-state index is 9.31. The predicted molar refractivity (Wildman–Crippen MR) is 224 cm³/mol. The van der Waals surface area contributed by atoms with Gasteiger partial charge in [0.05, 0.1) is 33.1 Å². The van der Waals surface area contributed by atoms with Crippen LogP contribution in [-0.4, -0.2) is 13.7 Å². The third kappa shape index (κ3) is 4.22. The zero-order valence-electron chi connectivity index (χ0n) is 34.6. The number of hydrogen-bond donors (Lipinski definition) is 0. The van der Waals surface area contributed by atoms with Crippen molar-refractivity contribution in [2.24, 2.45) is 0 Å². The number of aryl methyl sites for hydroxylation is 2. The summed E-state index contributed by atoms with van der Waals surface area (Å²) in [5.74, 6) is 0. The lowest BCUT2D eigenvalue weighted by atomic mass is 9.98. The zero-order valence-corrected chi connectivity index (χ0v) is 28.6.